The first kappa shape index (κ1) is 7.53. The second kappa shape index (κ2) is 3.01. The number of hydrogen-bond acceptors (Lipinski definition) is 2. The van der Waals surface area contributed by atoms with E-state index in [1.807, 2.05) is 0 Å². The van der Waals surface area contributed by atoms with Crippen LogP contribution < -0.4 is 0 Å². The van der Waals surface area contributed by atoms with Crippen LogP contribution in [0.4, 0.5) is 4.39 Å². The quantitative estimate of drug-likeness (QED) is 0.614. The highest BCUT2D eigenvalue weighted by molar-refractivity contribution is 5.94. The molecule has 0 bridgehead atoms. The molecule has 3 nitrogen and oxygen atoms in total. The second-order valence-corrected chi connectivity index (χ2v) is 1.90. The molecule has 0 radical (unpaired) electrons. The lowest BCUT2D eigenvalue weighted by atomic mass is 10.2. The van der Waals surface area contributed by atoms with E-state index in [1.165, 1.54) is 18.2 Å². The predicted octanol–water partition coefficient (Wildman–Crippen LogP) is 2.00. The Balaban J connectivity index is 3.13. The van der Waals surface area contributed by atoms with Crippen LogP contribution in [-0.4, -0.2) is 5.91 Å². The van der Waals surface area contributed by atoms with E-state index in [0.29, 0.717) is 0 Å². The average molecular weight is 152 g/mol. The zero-order valence-electron chi connectivity index (χ0n) is 5.54. The van der Waals surface area contributed by atoms with Crippen molar-refractivity contribution in [2.45, 2.75) is 0 Å². The Morgan fingerprint density at radius 3 is 2.64 bits per heavy atom. The lowest BCUT2D eigenvalue weighted by Crippen LogP contribution is -1.96. The van der Waals surface area contributed by atoms with Gasteiger partial charge in [0.05, 0.1) is 5.56 Å². The molecule has 4 heteroatoms. The fraction of sp³-hybridized carbons (Fsp3) is 0. The van der Waals surface area contributed by atoms with Gasteiger partial charge < -0.3 is 0 Å². The van der Waals surface area contributed by atoms with Crippen LogP contribution in [0.5, 0.6) is 0 Å². The molecule has 56 valence electrons. The molecule has 0 fully saturated rings. The van der Waals surface area contributed by atoms with E-state index in [0.717, 1.165) is 6.07 Å². The summed E-state index contributed by atoms with van der Waals surface area (Å²) in [5.41, 5.74) is 6.19. The molecular formula is C7H5FN2O. The zero-order chi connectivity index (χ0) is 8.27. The molecule has 0 aromatic heterocycles. The topological polar surface area (TPSA) is 53.3 Å². The molecule has 1 aromatic rings. The van der Waals surface area contributed by atoms with Gasteiger partial charge in [-0.3, -0.25) is 4.79 Å². The van der Waals surface area contributed by atoms with Gasteiger partial charge in [0, 0.05) is 0 Å². The van der Waals surface area contributed by atoms with Crippen molar-refractivity contribution in [2.75, 3.05) is 0 Å². The number of rotatable bonds is 1. The number of hydrogen-bond donors (Lipinski definition) is 1. The second-order valence-electron chi connectivity index (χ2n) is 1.90. The van der Waals surface area contributed by atoms with Crippen LogP contribution in [0.25, 0.3) is 0 Å². The third-order valence-electron chi connectivity index (χ3n) is 1.21. The molecule has 0 aliphatic carbocycles. The lowest BCUT2D eigenvalue weighted by molar-refractivity contribution is 0.0987. The number of nitrogens with one attached hydrogen (secondary N) is 1. The summed E-state index contributed by atoms with van der Waals surface area (Å²) in [4.78, 5) is 10.6. The molecule has 0 heterocycles. The number of nitrogens with zero attached hydrogens (tertiary/aromatic N) is 1. The molecule has 1 N–H and O–H groups in total. The van der Waals surface area contributed by atoms with E-state index < -0.39 is 11.7 Å². The third-order valence-corrected chi connectivity index (χ3v) is 1.21. The number of carbonyl (C=O) groups is 1. The third kappa shape index (κ3) is 1.46. The minimum Gasteiger partial charge on any atom is -0.265 e. The minimum absolute atomic E-state index is 0.164. The monoisotopic (exact) mass is 152 g/mol. The summed E-state index contributed by atoms with van der Waals surface area (Å²) in [5.74, 6) is -1.50. The number of benzene rings is 1. The van der Waals surface area contributed by atoms with Crippen LogP contribution in [-0.2, 0) is 0 Å². The molecule has 0 spiro atoms. The first-order valence-corrected chi connectivity index (χ1v) is 2.92. The van der Waals surface area contributed by atoms with Gasteiger partial charge in [-0.2, -0.15) is 0 Å². The summed E-state index contributed by atoms with van der Waals surface area (Å²) in [7, 11) is 0. The standard InChI is InChI=1S/C7H5FN2O/c8-6-4-2-1-3-5(6)7(11)10-9/h1-4,9H. The molecule has 1 amide bonds. The summed E-state index contributed by atoms with van der Waals surface area (Å²) in [6.07, 6.45) is 0. The predicted molar refractivity (Wildman–Crippen MR) is 35.9 cm³/mol. The first-order chi connectivity index (χ1) is 5.25. The molecule has 0 aliphatic rings. The van der Waals surface area contributed by atoms with Gasteiger partial charge in [0.1, 0.15) is 5.82 Å². The Morgan fingerprint density at radius 2 is 2.09 bits per heavy atom. The zero-order valence-corrected chi connectivity index (χ0v) is 5.54. The summed E-state index contributed by atoms with van der Waals surface area (Å²) in [6.45, 7) is 0. The average Bonchev–Trinajstić information content (AvgIpc) is 2.04. The molecule has 1 rings (SSSR count). The Morgan fingerprint density at radius 1 is 1.45 bits per heavy atom. The van der Waals surface area contributed by atoms with Crippen molar-refractivity contribution < 1.29 is 9.18 Å². The summed E-state index contributed by atoms with van der Waals surface area (Å²) < 4.78 is 12.7. The van der Waals surface area contributed by atoms with E-state index in [4.69, 9.17) is 5.53 Å². The van der Waals surface area contributed by atoms with E-state index in [1.54, 1.807) is 0 Å². The molecule has 1 aromatic carbocycles. The van der Waals surface area contributed by atoms with Crippen molar-refractivity contribution in [3.05, 3.63) is 35.6 Å². The van der Waals surface area contributed by atoms with Gasteiger partial charge in [-0.1, -0.05) is 12.1 Å². The number of carbonyl (C=O) groups excluding carboxylic acids is 1. The first-order valence-electron chi connectivity index (χ1n) is 2.92. The van der Waals surface area contributed by atoms with Crippen LogP contribution in [0.1, 0.15) is 10.4 Å². The highest BCUT2D eigenvalue weighted by Gasteiger charge is 2.07. The fourth-order valence-electron chi connectivity index (χ4n) is 0.695. The van der Waals surface area contributed by atoms with Gasteiger partial charge in [-0.05, 0) is 12.1 Å². The molecular weight excluding hydrogens is 147 g/mol. The molecule has 0 saturated carbocycles. The van der Waals surface area contributed by atoms with Gasteiger partial charge in [0.2, 0.25) is 0 Å². The molecule has 11 heavy (non-hydrogen) atoms. The van der Waals surface area contributed by atoms with Gasteiger partial charge in [0.25, 0.3) is 5.91 Å². The Bertz CT molecular complexity index is 298. The van der Waals surface area contributed by atoms with Crippen molar-refractivity contribution >= 4 is 5.91 Å². The van der Waals surface area contributed by atoms with E-state index in [-0.39, 0.29) is 5.56 Å². The van der Waals surface area contributed by atoms with Crippen LogP contribution in [0.3, 0.4) is 0 Å². The van der Waals surface area contributed by atoms with Crippen LogP contribution in [0.2, 0.25) is 0 Å². The van der Waals surface area contributed by atoms with Gasteiger partial charge in [-0.15, -0.1) is 5.11 Å². The van der Waals surface area contributed by atoms with Crippen molar-refractivity contribution in [3.63, 3.8) is 0 Å². The molecule has 0 aliphatic heterocycles. The Hall–Kier alpha value is -1.58. The normalized spacial score (nSPS) is 9.18. The minimum atomic E-state index is -0.858. The lowest BCUT2D eigenvalue weighted by Gasteiger charge is -1.93. The van der Waals surface area contributed by atoms with Crippen molar-refractivity contribution in [2.24, 2.45) is 5.11 Å². The summed E-state index contributed by atoms with van der Waals surface area (Å²) >= 11 is 0. The summed E-state index contributed by atoms with van der Waals surface area (Å²) in [5, 5.41) is 2.59. The molecule has 0 atom stereocenters. The Kier molecular flexibility index (Phi) is 2.06. The van der Waals surface area contributed by atoms with E-state index >= 15 is 0 Å². The highest BCUT2D eigenvalue weighted by atomic mass is 19.1. The Labute approximate surface area is 62.4 Å². The summed E-state index contributed by atoms with van der Waals surface area (Å²) in [6, 6.07) is 5.42. The maximum absolute atomic E-state index is 12.7. The van der Waals surface area contributed by atoms with Gasteiger partial charge >= 0.3 is 0 Å². The van der Waals surface area contributed by atoms with Crippen molar-refractivity contribution in [1.29, 1.82) is 5.53 Å². The van der Waals surface area contributed by atoms with E-state index in [9.17, 15) is 9.18 Å². The van der Waals surface area contributed by atoms with Gasteiger partial charge in [-0.25, -0.2) is 9.92 Å². The fourth-order valence-corrected chi connectivity index (χ4v) is 0.695. The van der Waals surface area contributed by atoms with Crippen LogP contribution >= 0.6 is 0 Å². The number of halogens is 1. The van der Waals surface area contributed by atoms with Gasteiger partial charge in [0.15, 0.2) is 0 Å². The largest absolute Gasteiger partial charge is 0.297 e. The maximum Gasteiger partial charge on any atom is 0.297 e. The van der Waals surface area contributed by atoms with Crippen molar-refractivity contribution in [1.82, 2.24) is 0 Å². The number of amides is 1. The molecule has 0 saturated heterocycles. The van der Waals surface area contributed by atoms with Crippen molar-refractivity contribution in [3.8, 4) is 0 Å². The highest BCUT2D eigenvalue weighted by Crippen LogP contribution is 2.06. The van der Waals surface area contributed by atoms with E-state index in [2.05, 4.69) is 5.11 Å². The van der Waals surface area contributed by atoms with Crippen LogP contribution in [0, 0.1) is 11.3 Å². The molecule has 0 unspecified atom stereocenters. The smallest absolute Gasteiger partial charge is 0.265 e. The maximum atomic E-state index is 12.7. The van der Waals surface area contributed by atoms with Crippen LogP contribution in [0.15, 0.2) is 29.4 Å². The SMILES string of the molecule is N=NC(=O)c1ccccc1F.